The number of carboxylic acid groups (broad SMARTS) is 1. The molecular weight excluding hydrogens is 376 g/mol. The van der Waals surface area contributed by atoms with E-state index in [0.29, 0.717) is 22.6 Å². The lowest BCUT2D eigenvalue weighted by Crippen LogP contribution is -2.21. The van der Waals surface area contributed by atoms with Crippen molar-refractivity contribution in [3.05, 3.63) is 71.0 Å². The van der Waals surface area contributed by atoms with Crippen molar-refractivity contribution in [2.45, 2.75) is 19.3 Å². The van der Waals surface area contributed by atoms with Gasteiger partial charge in [0, 0.05) is 11.1 Å². The first-order valence-corrected chi connectivity index (χ1v) is 8.86. The molecule has 0 fully saturated rings. The van der Waals surface area contributed by atoms with Gasteiger partial charge in [0.1, 0.15) is 23.0 Å². The number of fused-ring (bicyclic) bond motifs is 1. The van der Waals surface area contributed by atoms with Crippen molar-refractivity contribution in [2.75, 3.05) is 0 Å². The van der Waals surface area contributed by atoms with E-state index in [2.05, 4.69) is 0 Å². The Morgan fingerprint density at radius 1 is 1.03 bits per heavy atom. The number of Topliss-reactive ketones (excluding diaryl/α,β-unsaturated/α-hetero) is 1. The number of benzene rings is 2. The highest BCUT2D eigenvalue weighted by molar-refractivity contribution is 5.98. The number of carbonyl (C=O) groups is 3. The van der Waals surface area contributed by atoms with Crippen LogP contribution in [0.2, 0.25) is 0 Å². The molecule has 0 radical (unpaired) electrons. The lowest BCUT2D eigenvalue weighted by Gasteiger charge is -2.24. The fourth-order valence-corrected chi connectivity index (χ4v) is 3.45. The smallest absolute Gasteiger partial charge is 0.335 e. The molecule has 7 nitrogen and oxygen atoms in total. The summed E-state index contributed by atoms with van der Waals surface area (Å²) in [7, 11) is 0. The number of ether oxygens (including phenoxy) is 1. The molecule has 0 saturated heterocycles. The number of hydrogen-bond acceptors (Lipinski definition) is 6. The van der Waals surface area contributed by atoms with E-state index in [-0.39, 0.29) is 34.8 Å². The second kappa shape index (κ2) is 6.94. The minimum Gasteiger partial charge on any atom is -0.507 e. The zero-order valence-corrected chi connectivity index (χ0v) is 15.3. The summed E-state index contributed by atoms with van der Waals surface area (Å²) < 4.78 is 11.1. The Morgan fingerprint density at radius 3 is 2.41 bits per heavy atom. The normalized spacial score (nSPS) is 15.5. The molecule has 146 valence electrons. The Balaban J connectivity index is 1.75. The Bertz CT molecular complexity index is 1140. The van der Waals surface area contributed by atoms with Gasteiger partial charge in [-0.3, -0.25) is 9.59 Å². The van der Waals surface area contributed by atoms with Crippen LogP contribution in [0.15, 0.2) is 52.9 Å². The third-order valence-electron chi connectivity index (χ3n) is 4.89. The van der Waals surface area contributed by atoms with Crippen LogP contribution in [0.5, 0.6) is 11.5 Å². The zero-order valence-electron chi connectivity index (χ0n) is 15.3. The third-order valence-corrected chi connectivity index (χ3v) is 4.89. The van der Waals surface area contributed by atoms with Crippen molar-refractivity contribution in [1.82, 2.24) is 0 Å². The van der Waals surface area contributed by atoms with Gasteiger partial charge < -0.3 is 19.4 Å². The molecule has 0 saturated carbocycles. The molecule has 0 aliphatic carbocycles. The summed E-state index contributed by atoms with van der Waals surface area (Å²) in [5.41, 5.74) is 1.30. The summed E-state index contributed by atoms with van der Waals surface area (Å²) in [6.07, 6.45) is -0.0488. The quantitative estimate of drug-likeness (QED) is 0.392. The second-order valence-electron chi connectivity index (χ2n) is 6.75. The van der Waals surface area contributed by atoms with Crippen molar-refractivity contribution in [1.29, 1.82) is 0 Å². The van der Waals surface area contributed by atoms with E-state index in [4.69, 9.17) is 14.3 Å². The van der Waals surface area contributed by atoms with Gasteiger partial charge in [0.05, 0.1) is 23.5 Å². The number of aromatic hydroxyl groups is 1. The highest BCUT2D eigenvalue weighted by Crippen LogP contribution is 2.46. The molecular formula is C22H16O7. The minimum atomic E-state index is -1.02. The van der Waals surface area contributed by atoms with E-state index in [9.17, 15) is 19.5 Å². The maximum atomic E-state index is 12.0. The fourth-order valence-electron chi connectivity index (χ4n) is 3.45. The number of phenols is 1. The summed E-state index contributed by atoms with van der Waals surface area (Å²) in [5.74, 6) is -1.53. The number of aromatic carboxylic acids is 1. The van der Waals surface area contributed by atoms with Crippen LogP contribution in [-0.4, -0.2) is 27.9 Å². The largest absolute Gasteiger partial charge is 0.507 e. The van der Waals surface area contributed by atoms with Gasteiger partial charge in [-0.2, -0.15) is 0 Å². The molecule has 0 amide bonds. The van der Waals surface area contributed by atoms with Gasteiger partial charge in [-0.15, -0.1) is 0 Å². The Hall–Kier alpha value is -3.87. The molecule has 7 heteroatoms. The van der Waals surface area contributed by atoms with Gasteiger partial charge in [-0.25, -0.2) is 4.79 Å². The molecule has 1 aliphatic heterocycles. The van der Waals surface area contributed by atoms with Crippen LogP contribution >= 0.6 is 0 Å². The zero-order chi connectivity index (χ0) is 20.7. The molecule has 0 unspecified atom stereocenters. The lowest BCUT2D eigenvalue weighted by molar-refractivity contribution is -0.135. The number of carboxylic acids is 1. The predicted molar refractivity (Wildman–Crippen MR) is 101 cm³/mol. The van der Waals surface area contributed by atoms with Crippen LogP contribution in [0.4, 0.5) is 0 Å². The molecule has 1 aliphatic rings. The predicted octanol–water partition coefficient (Wildman–Crippen LogP) is 3.99. The molecule has 2 heterocycles. The first-order chi connectivity index (χ1) is 13.8. The first-order valence-electron chi connectivity index (χ1n) is 8.86. The number of carbonyl (C=O) groups excluding carboxylic acids is 2. The monoisotopic (exact) mass is 392 g/mol. The number of ketones is 1. The molecule has 4 rings (SSSR count). The molecule has 3 aromatic rings. The number of furan rings is 1. The van der Waals surface area contributed by atoms with Crippen LogP contribution < -0.4 is 4.74 Å². The average Bonchev–Trinajstić information content (AvgIpc) is 3.17. The Labute approximate surface area is 165 Å². The van der Waals surface area contributed by atoms with E-state index in [1.807, 2.05) is 0 Å². The maximum absolute atomic E-state index is 12.0. The van der Waals surface area contributed by atoms with Crippen molar-refractivity contribution >= 4 is 17.7 Å². The summed E-state index contributed by atoms with van der Waals surface area (Å²) in [6, 6.07) is 12.5. The van der Waals surface area contributed by atoms with Crippen LogP contribution in [0.1, 0.15) is 51.3 Å². The van der Waals surface area contributed by atoms with Gasteiger partial charge in [0.25, 0.3) is 0 Å². The topological polar surface area (TPSA) is 114 Å². The maximum Gasteiger partial charge on any atom is 0.335 e. The van der Waals surface area contributed by atoms with Gasteiger partial charge >= 0.3 is 11.9 Å². The summed E-state index contributed by atoms with van der Waals surface area (Å²) in [4.78, 5) is 34.8. The highest BCUT2D eigenvalue weighted by Gasteiger charge is 2.34. The van der Waals surface area contributed by atoms with Crippen LogP contribution in [0.3, 0.4) is 0 Å². The Kier molecular flexibility index (Phi) is 4.43. The number of esters is 1. The molecule has 29 heavy (non-hydrogen) atoms. The van der Waals surface area contributed by atoms with Crippen molar-refractivity contribution in [3.8, 4) is 22.8 Å². The van der Waals surface area contributed by atoms with Crippen LogP contribution in [0.25, 0.3) is 11.3 Å². The van der Waals surface area contributed by atoms with Crippen molar-refractivity contribution in [3.63, 3.8) is 0 Å². The molecule has 0 spiro atoms. The molecule has 1 aromatic heterocycles. The molecule has 1 atom stereocenters. The van der Waals surface area contributed by atoms with Gasteiger partial charge in [0.15, 0.2) is 5.78 Å². The van der Waals surface area contributed by atoms with Crippen molar-refractivity contribution in [2.24, 2.45) is 0 Å². The lowest BCUT2D eigenvalue weighted by atomic mass is 9.88. The van der Waals surface area contributed by atoms with E-state index in [1.54, 1.807) is 24.3 Å². The van der Waals surface area contributed by atoms with E-state index in [0.717, 1.165) is 0 Å². The van der Waals surface area contributed by atoms with E-state index >= 15 is 0 Å². The van der Waals surface area contributed by atoms with Crippen molar-refractivity contribution < 1.29 is 33.8 Å². The summed E-state index contributed by atoms with van der Waals surface area (Å²) in [5, 5.41) is 19.6. The number of phenolic OH excluding ortho intramolecular Hbond substituents is 1. The van der Waals surface area contributed by atoms with Gasteiger partial charge in [0.2, 0.25) is 0 Å². The van der Waals surface area contributed by atoms with E-state index in [1.165, 1.54) is 31.2 Å². The summed E-state index contributed by atoms with van der Waals surface area (Å²) >= 11 is 0. The second-order valence-corrected chi connectivity index (χ2v) is 6.75. The highest BCUT2D eigenvalue weighted by atomic mass is 16.5. The number of hydrogen-bond donors (Lipinski definition) is 2. The third kappa shape index (κ3) is 3.27. The standard InChI is InChI=1S/C22H16O7/c1-11(23)14-6-7-18-20(21(14)25)15(10-19(24)29-18)17-9-8-16(28-17)12-2-4-13(5-3-12)22(26)27/h2-9,15,25H,10H2,1H3,(H,26,27)/t15-/m1/s1. The fraction of sp³-hybridized carbons (Fsp3) is 0.136. The summed E-state index contributed by atoms with van der Waals surface area (Å²) in [6.45, 7) is 1.34. The average molecular weight is 392 g/mol. The van der Waals surface area contributed by atoms with E-state index < -0.39 is 17.9 Å². The SMILES string of the molecule is CC(=O)c1ccc2c(c1O)[C@@H](c1ccc(-c3ccc(C(=O)O)cc3)o1)CC(=O)O2. The van der Waals surface area contributed by atoms with Crippen LogP contribution in [-0.2, 0) is 4.79 Å². The number of rotatable bonds is 4. The van der Waals surface area contributed by atoms with Gasteiger partial charge in [-0.05, 0) is 43.3 Å². The minimum absolute atomic E-state index is 0.0488. The molecule has 0 bridgehead atoms. The first kappa shape index (κ1) is 18.5. The van der Waals surface area contributed by atoms with Crippen LogP contribution in [0, 0.1) is 0 Å². The molecule has 2 aromatic carbocycles. The Morgan fingerprint density at radius 2 is 1.76 bits per heavy atom. The van der Waals surface area contributed by atoms with Gasteiger partial charge in [-0.1, -0.05) is 12.1 Å². The molecule has 2 N–H and O–H groups in total.